The van der Waals surface area contributed by atoms with E-state index in [0.29, 0.717) is 30.7 Å². The summed E-state index contributed by atoms with van der Waals surface area (Å²) >= 11 is 0. The molecule has 1 aliphatic heterocycles. The van der Waals surface area contributed by atoms with Crippen molar-refractivity contribution in [3.05, 3.63) is 28.8 Å². The zero-order valence-corrected chi connectivity index (χ0v) is 12.4. The Morgan fingerprint density at radius 1 is 1.14 bits per heavy atom. The molecule has 1 aromatic carbocycles. The number of hydrogen-bond acceptors (Lipinski definition) is 3. The molecule has 0 spiro atoms. The standard InChI is InChI=1S/C17H19NO3/c1-10-6-7-11(2)15-14(10)16(20)17(21)18(15)9-8-12-4-3-5-13(12)19/h6-7,12H,3-5,8-9H2,1-2H3. The van der Waals surface area contributed by atoms with Crippen molar-refractivity contribution in [2.75, 3.05) is 11.4 Å². The predicted octanol–water partition coefficient (Wildman–Crippen LogP) is 2.59. The smallest absolute Gasteiger partial charge is 0.299 e. The molecule has 1 heterocycles. The molecule has 2 aliphatic rings. The molecule has 4 heteroatoms. The molecule has 0 N–H and O–H groups in total. The molecule has 1 fully saturated rings. The largest absolute Gasteiger partial charge is 0.304 e. The fourth-order valence-electron chi connectivity index (χ4n) is 3.45. The number of carbonyl (C=O) groups is 3. The Bertz CT molecular complexity index is 648. The highest BCUT2D eigenvalue weighted by atomic mass is 16.2. The molecule has 1 unspecified atom stereocenters. The summed E-state index contributed by atoms with van der Waals surface area (Å²) in [5, 5.41) is 0. The zero-order valence-electron chi connectivity index (χ0n) is 12.4. The minimum atomic E-state index is -0.451. The first-order valence-electron chi connectivity index (χ1n) is 7.50. The van der Waals surface area contributed by atoms with Gasteiger partial charge in [0.25, 0.3) is 11.7 Å². The molecule has 1 aliphatic carbocycles. The molecule has 4 nitrogen and oxygen atoms in total. The first kappa shape index (κ1) is 14.0. The lowest BCUT2D eigenvalue weighted by Crippen LogP contribution is -2.32. The molecule has 1 aromatic rings. The molecule has 110 valence electrons. The van der Waals surface area contributed by atoms with Crippen LogP contribution in [-0.2, 0) is 9.59 Å². The van der Waals surface area contributed by atoms with E-state index in [-0.39, 0.29) is 5.92 Å². The van der Waals surface area contributed by atoms with Crippen LogP contribution >= 0.6 is 0 Å². The molecule has 21 heavy (non-hydrogen) atoms. The van der Waals surface area contributed by atoms with Crippen LogP contribution in [0.3, 0.4) is 0 Å². The van der Waals surface area contributed by atoms with Gasteiger partial charge in [-0.15, -0.1) is 0 Å². The number of Topliss-reactive ketones (excluding diaryl/α,β-unsaturated/α-hetero) is 2. The van der Waals surface area contributed by atoms with Crippen molar-refractivity contribution >= 4 is 23.2 Å². The van der Waals surface area contributed by atoms with E-state index in [1.807, 2.05) is 26.0 Å². The van der Waals surface area contributed by atoms with E-state index < -0.39 is 11.7 Å². The maximum Gasteiger partial charge on any atom is 0.299 e. The third-order valence-electron chi connectivity index (χ3n) is 4.66. The van der Waals surface area contributed by atoms with E-state index in [9.17, 15) is 14.4 Å². The average Bonchev–Trinajstić information content (AvgIpc) is 2.97. The predicted molar refractivity (Wildman–Crippen MR) is 79.6 cm³/mol. The minimum absolute atomic E-state index is 0.0575. The summed E-state index contributed by atoms with van der Waals surface area (Å²) in [6.45, 7) is 4.23. The minimum Gasteiger partial charge on any atom is -0.304 e. The second kappa shape index (κ2) is 5.10. The number of carbonyl (C=O) groups excluding carboxylic acids is 3. The number of rotatable bonds is 3. The van der Waals surface area contributed by atoms with E-state index in [0.717, 1.165) is 29.7 Å². The molecule has 0 radical (unpaired) electrons. The van der Waals surface area contributed by atoms with Gasteiger partial charge in [0.1, 0.15) is 5.78 Å². The highest BCUT2D eigenvalue weighted by Gasteiger charge is 2.38. The number of anilines is 1. The Morgan fingerprint density at radius 3 is 2.52 bits per heavy atom. The summed E-state index contributed by atoms with van der Waals surface area (Å²) in [5.41, 5.74) is 3.06. The van der Waals surface area contributed by atoms with Crippen molar-refractivity contribution in [3.63, 3.8) is 0 Å². The van der Waals surface area contributed by atoms with Gasteiger partial charge in [-0.3, -0.25) is 14.4 Å². The van der Waals surface area contributed by atoms with Crippen LogP contribution in [0.1, 0.15) is 47.2 Å². The number of ketones is 2. The first-order chi connectivity index (χ1) is 10.0. The molecule has 1 atom stereocenters. The molecule has 1 amide bonds. The van der Waals surface area contributed by atoms with Crippen LogP contribution in [0, 0.1) is 19.8 Å². The normalized spacial score (nSPS) is 21.3. The fraction of sp³-hybridized carbons (Fsp3) is 0.471. The highest BCUT2D eigenvalue weighted by molar-refractivity contribution is 6.52. The number of nitrogens with zero attached hydrogens (tertiary/aromatic N) is 1. The van der Waals surface area contributed by atoms with Crippen molar-refractivity contribution in [3.8, 4) is 0 Å². The number of hydrogen-bond donors (Lipinski definition) is 0. The van der Waals surface area contributed by atoms with Crippen molar-refractivity contribution in [1.82, 2.24) is 0 Å². The maximum atomic E-state index is 12.2. The van der Waals surface area contributed by atoms with Crippen molar-refractivity contribution < 1.29 is 14.4 Å². The monoisotopic (exact) mass is 285 g/mol. The van der Waals surface area contributed by atoms with Crippen molar-refractivity contribution in [1.29, 1.82) is 0 Å². The van der Waals surface area contributed by atoms with Gasteiger partial charge in [-0.2, -0.15) is 0 Å². The molecule has 0 saturated heterocycles. The quantitative estimate of drug-likeness (QED) is 0.802. The van der Waals surface area contributed by atoms with Crippen LogP contribution < -0.4 is 4.90 Å². The van der Waals surface area contributed by atoms with Gasteiger partial charge in [0.15, 0.2) is 0 Å². The van der Waals surface area contributed by atoms with E-state index in [1.54, 1.807) is 4.90 Å². The van der Waals surface area contributed by atoms with Crippen molar-refractivity contribution in [2.24, 2.45) is 5.92 Å². The Kier molecular flexibility index (Phi) is 3.40. The van der Waals surface area contributed by atoms with E-state index in [1.165, 1.54) is 0 Å². The van der Waals surface area contributed by atoms with Gasteiger partial charge in [0, 0.05) is 18.9 Å². The lowest BCUT2D eigenvalue weighted by molar-refractivity contribution is -0.121. The van der Waals surface area contributed by atoms with Crippen LogP contribution in [0.4, 0.5) is 5.69 Å². The number of fused-ring (bicyclic) bond motifs is 1. The van der Waals surface area contributed by atoms with Gasteiger partial charge in [-0.05, 0) is 44.2 Å². The van der Waals surface area contributed by atoms with Crippen LogP contribution in [-0.4, -0.2) is 24.0 Å². The molecule has 1 saturated carbocycles. The lowest BCUT2D eigenvalue weighted by Gasteiger charge is -2.20. The third kappa shape index (κ3) is 2.19. The van der Waals surface area contributed by atoms with E-state index in [4.69, 9.17) is 0 Å². The summed E-state index contributed by atoms with van der Waals surface area (Å²) in [6.07, 6.45) is 3.18. The van der Waals surface area contributed by atoms with E-state index >= 15 is 0 Å². The van der Waals surface area contributed by atoms with Gasteiger partial charge in [0.2, 0.25) is 0 Å². The average molecular weight is 285 g/mol. The third-order valence-corrected chi connectivity index (χ3v) is 4.66. The Labute approximate surface area is 124 Å². The Balaban J connectivity index is 1.87. The van der Waals surface area contributed by atoms with E-state index in [2.05, 4.69) is 0 Å². The highest BCUT2D eigenvalue weighted by Crippen LogP contribution is 2.35. The fourth-order valence-corrected chi connectivity index (χ4v) is 3.45. The van der Waals surface area contributed by atoms with Gasteiger partial charge in [-0.25, -0.2) is 0 Å². The van der Waals surface area contributed by atoms with Crippen LogP contribution in [0.2, 0.25) is 0 Å². The first-order valence-corrected chi connectivity index (χ1v) is 7.50. The number of benzene rings is 1. The second-order valence-corrected chi connectivity index (χ2v) is 6.05. The number of amides is 1. The Hall–Kier alpha value is -1.97. The van der Waals surface area contributed by atoms with Crippen LogP contribution in [0.25, 0.3) is 0 Å². The van der Waals surface area contributed by atoms with Gasteiger partial charge < -0.3 is 4.90 Å². The SMILES string of the molecule is Cc1ccc(C)c2c1C(=O)C(=O)N2CCC1CCCC1=O. The molecular formula is C17H19NO3. The Morgan fingerprint density at radius 2 is 1.86 bits per heavy atom. The van der Waals surface area contributed by atoms with Gasteiger partial charge >= 0.3 is 0 Å². The van der Waals surface area contributed by atoms with Gasteiger partial charge in [-0.1, -0.05) is 12.1 Å². The topological polar surface area (TPSA) is 54.5 Å². The number of aryl methyl sites for hydroxylation is 2. The molecule has 3 rings (SSSR count). The summed E-state index contributed by atoms with van der Waals surface area (Å²) in [4.78, 5) is 37.7. The summed E-state index contributed by atoms with van der Waals surface area (Å²) in [5.74, 6) is -0.506. The van der Waals surface area contributed by atoms with Crippen LogP contribution in [0.5, 0.6) is 0 Å². The molecular weight excluding hydrogens is 266 g/mol. The summed E-state index contributed by atoms with van der Waals surface area (Å²) in [7, 11) is 0. The summed E-state index contributed by atoms with van der Waals surface area (Å²) < 4.78 is 0. The molecule has 0 bridgehead atoms. The van der Waals surface area contributed by atoms with Gasteiger partial charge in [0.05, 0.1) is 11.3 Å². The second-order valence-electron chi connectivity index (χ2n) is 6.05. The van der Waals surface area contributed by atoms with Crippen LogP contribution in [0.15, 0.2) is 12.1 Å². The van der Waals surface area contributed by atoms with Crippen molar-refractivity contribution in [2.45, 2.75) is 39.5 Å². The lowest BCUT2D eigenvalue weighted by atomic mass is 10.0. The summed E-state index contributed by atoms with van der Waals surface area (Å²) in [6, 6.07) is 3.82. The maximum absolute atomic E-state index is 12.2. The molecule has 0 aromatic heterocycles. The zero-order chi connectivity index (χ0) is 15.1.